The van der Waals surface area contributed by atoms with E-state index in [4.69, 9.17) is 16.3 Å². The van der Waals surface area contributed by atoms with Gasteiger partial charge in [-0.25, -0.2) is 0 Å². The zero-order valence-corrected chi connectivity index (χ0v) is 7.08. The van der Waals surface area contributed by atoms with E-state index in [0.29, 0.717) is 0 Å². The van der Waals surface area contributed by atoms with E-state index in [-0.39, 0.29) is 0 Å². The summed E-state index contributed by atoms with van der Waals surface area (Å²) in [5, 5.41) is 0.938. The first-order valence-corrected chi connectivity index (χ1v) is 4.22. The number of unbranched alkanes of at least 4 members (excludes halogenated alkanes) is 1. The molecule has 0 aromatic carbocycles. The lowest BCUT2D eigenvalue weighted by molar-refractivity contribution is 0.232. The largest absolute Gasteiger partial charge is 0.496 e. The first-order valence-electron chi connectivity index (χ1n) is 3.85. The molecule has 2 heteroatoms. The predicted octanol–water partition coefficient (Wildman–Crippen LogP) is 3.05. The maximum Gasteiger partial charge on any atom is 0.111 e. The molecule has 0 aliphatic carbocycles. The fourth-order valence-electron chi connectivity index (χ4n) is 1.03. The number of hydrogen-bond donors (Lipinski definition) is 0. The van der Waals surface area contributed by atoms with E-state index < -0.39 is 0 Å². The van der Waals surface area contributed by atoms with Crippen molar-refractivity contribution in [3.63, 3.8) is 0 Å². The molecule has 0 spiro atoms. The lowest BCUT2D eigenvalue weighted by Crippen LogP contribution is -1.84. The highest BCUT2D eigenvalue weighted by Gasteiger charge is 2.12. The molecule has 0 atom stereocenters. The van der Waals surface area contributed by atoms with Gasteiger partial charge in [0.05, 0.1) is 11.6 Å². The lowest BCUT2D eigenvalue weighted by Gasteiger charge is -2.00. The monoisotopic (exact) mass is 160 g/mol. The molecule has 0 fully saturated rings. The third-order valence-electron chi connectivity index (χ3n) is 1.66. The van der Waals surface area contributed by atoms with Crippen LogP contribution in [-0.4, -0.2) is 6.61 Å². The van der Waals surface area contributed by atoms with E-state index in [1.165, 1.54) is 12.8 Å². The molecule has 10 heavy (non-hydrogen) atoms. The Morgan fingerprint density at radius 3 is 2.90 bits per heavy atom. The van der Waals surface area contributed by atoms with Crippen LogP contribution in [0.2, 0.25) is 0 Å². The van der Waals surface area contributed by atoms with Gasteiger partial charge in [0.2, 0.25) is 0 Å². The van der Waals surface area contributed by atoms with Gasteiger partial charge in [-0.05, 0) is 6.42 Å². The van der Waals surface area contributed by atoms with Crippen LogP contribution in [0.15, 0.2) is 10.8 Å². The zero-order valence-electron chi connectivity index (χ0n) is 6.32. The zero-order chi connectivity index (χ0) is 7.40. The van der Waals surface area contributed by atoms with Crippen molar-refractivity contribution in [3.05, 3.63) is 10.8 Å². The Balaban J connectivity index is 2.31. The lowest BCUT2D eigenvalue weighted by atomic mass is 10.2. The second-order valence-electron chi connectivity index (χ2n) is 2.53. The van der Waals surface area contributed by atoms with Crippen LogP contribution in [0.1, 0.15) is 32.6 Å². The van der Waals surface area contributed by atoms with Crippen molar-refractivity contribution in [2.45, 2.75) is 32.6 Å². The molecular weight excluding hydrogens is 148 g/mol. The summed E-state index contributed by atoms with van der Waals surface area (Å²) in [6.07, 6.45) is 4.33. The number of allylic oxidation sites excluding steroid dienone is 1. The van der Waals surface area contributed by atoms with Crippen molar-refractivity contribution < 1.29 is 4.74 Å². The molecule has 0 unspecified atom stereocenters. The van der Waals surface area contributed by atoms with Crippen molar-refractivity contribution in [1.29, 1.82) is 0 Å². The van der Waals surface area contributed by atoms with Gasteiger partial charge >= 0.3 is 0 Å². The Bertz CT molecular complexity index is 140. The van der Waals surface area contributed by atoms with Gasteiger partial charge in [-0.3, -0.25) is 0 Å². The minimum atomic E-state index is 0.790. The fraction of sp³-hybridized carbons (Fsp3) is 0.750. The summed E-state index contributed by atoms with van der Waals surface area (Å²) in [6, 6.07) is 0. The van der Waals surface area contributed by atoms with Crippen molar-refractivity contribution >= 4 is 11.6 Å². The van der Waals surface area contributed by atoms with Crippen LogP contribution in [0.25, 0.3) is 0 Å². The Labute approximate surface area is 67.0 Å². The second-order valence-corrected chi connectivity index (χ2v) is 2.99. The molecule has 0 amide bonds. The molecule has 1 heterocycles. The summed E-state index contributed by atoms with van der Waals surface area (Å²) in [6.45, 7) is 2.96. The van der Waals surface area contributed by atoms with Gasteiger partial charge in [-0.2, -0.15) is 0 Å². The van der Waals surface area contributed by atoms with Crippen LogP contribution < -0.4 is 0 Å². The van der Waals surface area contributed by atoms with E-state index in [0.717, 1.165) is 30.2 Å². The smallest absolute Gasteiger partial charge is 0.111 e. The summed E-state index contributed by atoms with van der Waals surface area (Å²) >= 11 is 5.87. The molecule has 1 aliphatic rings. The second kappa shape index (κ2) is 3.87. The third kappa shape index (κ3) is 1.91. The quantitative estimate of drug-likeness (QED) is 0.617. The minimum absolute atomic E-state index is 0.790. The van der Waals surface area contributed by atoms with Crippen molar-refractivity contribution in [3.8, 4) is 0 Å². The van der Waals surface area contributed by atoms with Gasteiger partial charge < -0.3 is 4.74 Å². The van der Waals surface area contributed by atoms with Gasteiger partial charge in [0.1, 0.15) is 5.76 Å². The Kier molecular flexibility index (Phi) is 3.07. The van der Waals surface area contributed by atoms with Crippen molar-refractivity contribution in [1.82, 2.24) is 0 Å². The highest BCUT2D eigenvalue weighted by Crippen LogP contribution is 2.25. The van der Waals surface area contributed by atoms with Crippen LogP contribution in [0.4, 0.5) is 0 Å². The molecule has 1 nitrogen and oxygen atoms in total. The Morgan fingerprint density at radius 1 is 1.60 bits per heavy atom. The third-order valence-corrected chi connectivity index (χ3v) is 2.06. The van der Waals surface area contributed by atoms with Crippen LogP contribution in [0.3, 0.4) is 0 Å². The summed E-state index contributed by atoms with van der Waals surface area (Å²) in [4.78, 5) is 0. The molecular formula is C8H13ClO. The molecule has 0 saturated heterocycles. The maximum absolute atomic E-state index is 5.87. The SMILES string of the molecule is CCCCC1=C(Cl)CCO1. The standard InChI is InChI=1S/C8H13ClO/c1-2-3-4-8-7(9)5-6-10-8/h2-6H2,1H3. The van der Waals surface area contributed by atoms with Crippen LogP contribution in [0, 0.1) is 0 Å². The van der Waals surface area contributed by atoms with Crippen LogP contribution >= 0.6 is 11.6 Å². The van der Waals surface area contributed by atoms with Gasteiger partial charge in [-0.15, -0.1) is 0 Å². The molecule has 0 saturated carbocycles. The predicted molar refractivity (Wildman–Crippen MR) is 43.0 cm³/mol. The maximum atomic E-state index is 5.87. The van der Waals surface area contributed by atoms with Crippen LogP contribution in [0.5, 0.6) is 0 Å². The first kappa shape index (κ1) is 7.93. The molecule has 0 aromatic rings. The Morgan fingerprint density at radius 2 is 2.40 bits per heavy atom. The number of ether oxygens (including phenoxy) is 1. The minimum Gasteiger partial charge on any atom is -0.496 e. The summed E-state index contributed by atoms with van der Waals surface area (Å²) in [5.74, 6) is 1.03. The summed E-state index contributed by atoms with van der Waals surface area (Å²) in [5.41, 5.74) is 0. The van der Waals surface area contributed by atoms with E-state index >= 15 is 0 Å². The number of rotatable bonds is 3. The number of halogens is 1. The van der Waals surface area contributed by atoms with Gasteiger partial charge in [0.25, 0.3) is 0 Å². The molecule has 1 aliphatic heterocycles. The molecule has 0 radical (unpaired) electrons. The van der Waals surface area contributed by atoms with E-state index in [2.05, 4.69) is 6.92 Å². The summed E-state index contributed by atoms with van der Waals surface area (Å²) in [7, 11) is 0. The fourth-order valence-corrected chi connectivity index (χ4v) is 1.25. The van der Waals surface area contributed by atoms with Gasteiger partial charge in [0, 0.05) is 12.8 Å². The first-order chi connectivity index (χ1) is 4.84. The Hall–Kier alpha value is -0.170. The van der Waals surface area contributed by atoms with E-state index in [9.17, 15) is 0 Å². The summed E-state index contributed by atoms with van der Waals surface area (Å²) < 4.78 is 5.31. The van der Waals surface area contributed by atoms with Crippen LogP contribution in [-0.2, 0) is 4.74 Å². The molecule has 0 bridgehead atoms. The normalized spacial score (nSPS) is 17.8. The van der Waals surface area contributed by atoms with E-state index in [1.807, 2.05) is 0 Å². The topological polar surface area (TPSA) is 9.23 Å². The molecule has 0 aromatic heterocycles. The molecule has 58 valence electrons. The average Bonchev–Trinajstić information content (AvgIpc) is 2.31. The van der Waals surface area contributed by atoms with E-state index in [1.54, 1.807) is 0 Å². The van der Waals surface area contributed by atoms with Crippen molar-refractivity contribution in [2.75, 3.05) is 6.61 Å². The van der Waals surface area contributed by atoms with Gasteiger partial charge in [0.15, 0.2) is 0 Å². The average molecular weight is 161 g/mol. The molecule has 0 N–H and O–H groups in total. The molecule has 1 rings (SSSR count). The highest BCUT2D eigenvalue weighted by atomic mass is 35.5. The van der Waals surface area contributed by atoms with Gasteiger partial charge in [-0.1, -0.05) is 24.9 Å². The highest BCUT2D eigenvalue weighted by molar-refractivity contribution is 6.30. The number of hydrogen-bond acceptors (Lipinski definition) is 1. The van der Waals surface area contributed by atoms with Crippen molar-refractivity contribution in [2.24, 2.45) is 0 Å².